The molecule has 3 aromatic rings. The van der Waals surface area contributed by atoms with Gasteiger partial charge in [-0.3, -0.25) is 9.36 Å². The molecule has 0 fully saturated rings. The first-order valence-electron chi connectivity index (χ1n) is 6.79. The minimum atomic E-state index is -0.485. The second-order valence-corrected chi connectivity index (χ2v) is 4.83. The predicted octanol–water partition coefficient (Wildman–Crippen LogP) is 2.02. The van der Waals surface area contributed by atoms with E-state index in [1.807, 2.05) is 0 Å². The third-order valence-corrected chi connectivity index (χ3v) is 3.17. The molecule has 0 spiro atoms. The van der Waals surface area contributed by atoms with Gasteiger partial charge in [0.2, 0.25) is 0 Å². The van der Waals surface area contributed by atoms with Gasteiger partial charge in [0, 0.05) is 12.6 Å². The molecule has 0 saturated heterocycles. The lowest BCUT2D eigenvalue weighted by atomic mass is 10.3. The number of nitrogens with zero attached hydrogens (tertiary/aromatic N) is 2. The molecule has 0 unspecified atom stereocenters. The molecule has 2 aromatic heterocycles. The molecule has 7 heteroatoms. The van der Waals surface area contributed by atoms with Crippen molar-refractivity contribution in [3.8, 4) is 0 Å². The first kappa shape index (κ1) is 14.1. The van der Waals surface area contributed by atoms with E-state index >= 15 is 0 Å². The van der Waals surface area contributed by atoms with Gasteiger partial charge in [-0.05, 0) is 19.1 Å². The molecule has 22 heavy (non-hydrogen) atoms. The Morgan fingerprint density at radius 2 is 2.18 bits per heavy atom. The highest BCUT2D eigenvalue weighted by atomic mass is 16.5. The van der Waals surface area contributed by atoms with Crippen LogP contribution in [0.2, 0.25) is 0 Å². The van der Waals surface area contributed by atoms with Crippen LogP contribution in [0.25, 0.3) is 11.1 Å². The Hall–Kier alpha value is -2.83. The molecule has 0 saturated carbocycles. The Balaban J connectivity index is 1.60. The molecule has 0 radical (unpaired) electrons. The summed E-state index contributed by atoms with van der Waals surface area (Å²) in [6, 6.07) is 8.76. The zero-order valence-corrected chi connectivity index (χ0v) is 11.9. The third kappa shape index (κ3) is 2.93. The minimum absolute atomic E-state index is 0.0528. The van der Waals surface area contributed by atoms with Crippen molar-refractivity contribution in [2.45, 2.75) is 26.5 Å². The zero-order valence-electron chi connectivity index (χ0n) is 11.9. The number of esters is 1. The van der Waals surface area contributed by atoms with E-state index in [2.05, 4.69) is 5.16 Å². The van der Waals surface area contributed by atoms with E-state index in [0.717, 1.165) is 0 Å². The molecule has 114 valence electrons. The van der Waals surface area contributed by atoms with Crippen LogP contribution in [-0.2, 0) is 22.7 Å². The number of aromatic nitrogens is 2. The molecule has 3 rings (SSSR count). The molecule has 0 amide bonds. The van der Waals surface area contributed by atoms with Crippen LogP contribution in [0.1, 0.15) is 17.9 Å². The summed E-state index contributed by atoms with van der Waals surface area (Å²) in [4.78, 5) is 23.5. The Morgan fingerprint density at radius 1 is 1.36 bits per heavy atom. The first-order chi connectivity index (χ1) is 10.6. The van der Waals surface area contributed by atoms with Crippen LogP contribution in [-0.4, -0.2) is 15.7 Å². The number of hydrogen-bond acceptors (Lipinski definition) is 6. The number of carbonyl (C=O) groups excluding carboxylic acids is 1. The van der Waals surface area contributed by atoms with Crippen molar-refractivity contribution in [2.24, 2.45) is 0 Å². The summed E-state index contributed by atoms with van der Waals surface area (Å²) in [7, 11) is 0. The number of rotatable bonds is 5. The Morgan fingerprint density at radius 3 is 2.95 bits per heavy atom. The van der Waals surface area contributed by atoms with Crippen LogP contribution in [0.4, 0.5) is 0 Å². The van der Waals surface area contributed by atoms with Crippen molar-refractivity contribution in [2.75, 3.05) is 0 Å². The highest BCUT2D eigenvalue weighted by Gasteiger charge is 2.11. The summed E-state index contributed by atoms with van der Waals surface area (Å²) in [6.45, 7) is 2.01. The van der Waals surface area contributed by atoms with Crippen molar-refractivity contribution in [1.82, 2.24) is 9.72 Å². The largest absolute Gasteiger partial charge is 0.459 e. The van der Waals surface area contributed by atoms with Gasteiger partial charge >= 0.3 is 11.7 Å². The molecule has 0 N–H and O–H groups in total. The zero-order chi connectivity index (χ0) is 15.5. The van der Waals surface area contributed by atoms with Crippen molar-refractivity contribution < 1.29 is 18.5 Å². The summed E-state index contributed by atoms with van der Waals surface area (Å²) in [6.07, 6.45) is 0.0697. The van der Waals surface area contributed by atoms with E-state index in [4.69, 9.17) is 13.7 Å². The number of oxazole rings is 1. The van der Waals surface area contributed by atoms with Crippen LogP contribution in [0.15, 0.2) is 44.1 Å². The van der Waals surface area contributed by atoms with E-state index in [1.165, 1.54) is 4.57 Å². The van der Waals surface area contributed by atoms with E-state index in [0.29, 0.717) is 22.6 Å². The van der Waals surface area contributed by atoms with Gasteiger partial charge in [-0.15, -0.1) is 0 Å². The van der Waals surface area contributed by atoms with Crippen molar-refractivity contribution >= 4 is 17.1 Å². The maximum atomic E-state index is 11.8. The summed E-state index contributed by atoms with van der Waals surface area (Å²) < 4.78 is 16.5. The Labute approximate surface area is 125 Å². The molecule has 2 heterocycles. The summed E-state index contributed by atoms with van der Waals surface area (Å²) in [5.41, 5.74) is 1.71. The molecule has 0 aliphatic carbocycles. The number of para-hydroxylation sites is 2. The van der Waals surface area contributed by atoms with Gasteiger partial charge < -0.3 is 13.7 Å². The standard InChI is InChI=1S/C15H14N2O5/c1-10-8-11(16-22-10)9-20-14(18)6-7-17-12-4-2-3-5-13(12)21-15(17)19/h2-5,8H,6-7,9H2,1H3. The molecule has 0 atom stereocenters. The lowest BCUT2D eigenvalue weighted by Crippen LogP contribution is -2.17. The van der Waals surface area contributed by atoms with E-state index in [1.54, 1.807) is 37.3 Å². The normalized spacial score (nSPS) is 11.0. The highest BCUT2D eigenvalue weighted by molar-refractivity contribution is 5.73. The van der Waals surface area contributed by atoms with Gasteiger partial charge in [0.25, 0.3) is 0 Å². The number of hydrogen-bond donors (Lipinski definition) is 0. The molecule has 0 aliphatic heterocycles. The second-order valence-electron chi connectivity index (χ2n) is 4.83. The minimum Gasteiger partial charge on any atom is -0.459 e. The van der Waals surface area contributed by atoms with Crippen molar-refractivity contribution in [3.63, 3.8) is 0 Å². The number of aryl methyl sites for hydroxylation is 2. The molecule has 7 nitrogen and oxygen atoms in total. The fourth-order valence-corrected chi connectivity index (χ4v) is 2.14. The topological polar surface area (TPSA) is 87.5 Å². The van der Waals surface area contributed by atoms with Gasteiger partial charge in [0.15, 0.2) is 5.58 Å². The van der Waals surface area contributed by atoms with Gasteiger partial charge in [0.05, 0.1) is 11.9 Å². The number of benzene rings is 1. The van der Waals surface area contributed by atoms with Gasteiger partial charge in [-0.2, -0.15) is 0 Å². The summed E-state index contributed by atoms with van der Waals surface area (Å²) in [5.74, 6) is -0.249. The van der Waals surface area contributed by atoms with Gasteiger partial charge in [0.1, 0.15) is 18.1 Å². The molecule has 0 bridgehead atoms. The Bertz CT molecular complexity index is 858. The fraction of sp³-hybridized carbons (Fsp3) is 0.267. The van der Waals surface area contributed by atoms with Gasteiger partial charge in [-0.25, -0.2) is 4.79 Å². The first-order valence-corrected chi connectivity index (χ1v) is 6.79. The highest BCUT2D eigenvalue weighted by Crippen LogP contribution is 2.12. The van der Waals surface area contributed by atoms with Gasteiger partial charge in [-0.1, -0.05) is 17.3 Å². The van der Waals surface area contributed by atoms with Crippen LogP contribution < -0.4 is 5.76 Å². The number of carbonyl (C=O) groups is 1. The number of fused-ring (bicyclic) bond motifs is 1. The van der Waals surface area contributed by atoms with E-state index in [-0.39, 0.29) is 19.6 Å². The van der Waals surface area contributed by atoms with Crippen molar-refractivity contribution in [3.05, 3.63) is 52.3 Å². The smallest absolute Gasteiger partial charge is 0.419 e. The van der Waals surface area contributed by atoms with E-state index < -0.39 is 11.7 Å². The average Bonchev–Trinajstić information content (AvgIpc) is 3.05. The average molecular weight is 302 g/mol. The van der Waals surface area contributed by atoms with E-state index in [9.17, 15) is 9.59 Å². The molecular weight excluding hydrogens is 288 g/mol. The monoisotopic (exact) mass is 302 g/mol. The van der Waals surface area contributed by atoms with Crippen LogP contribution in [0.3, 0.4) is 0 Å². The Kier molecular flexibility index (Phi) is 3.78. The van der Waals surface area contributed by atoms with Crippen molar-refractivity contribution in [1.29, 1.82) is 0 Å². The lowest BCUT2D eigenvalue weighted by Gasteiger charge is -2.03. The fourth-order valence-electron chi connectivity index (χ4n) is 2.14. The van der Waals surface area contributed by atoms with Crippen LogP contribution in [0, 0.1) is 6.92 Å². The molecule has 1 aromatic carbocycles. The number of ether oxygens (including phenoxy) is 1. The maximum absolute atomic E-state index is 11.8. The maximum Gasteiger partial charge on any atom is 0.419 e. The summed E-state index contributed by atoms with van der Waals surface area (Å²) >= 11 is 0. The third-order valence-electron chi connectivity index (χ3n) is 3.17. The second kappa shape index (κ2) is 5.88. The van der Waals surface area contributed by atoms with Crippen LogP contribution in [0.5, 0.6) is 0 Å². The molecule has 0 aliphatic rings. The SMILES string of the molecule is Cc1cc(COC(=O)CCn2c(=O)oc3ccccc32)no1. The quantitative estimate of drug-likeness (QED) is 0.670. The lowest BCUT2D eigenvalue weighted by molar-refractivity contribution is -0.145. The van der Waals surface area contributed by atoms with Crippen LogP contribution >= 0.6 is 0 Å². The summed E-state index contributed by atoms with van der Waals surface area (Å²) in [5, 5.41) is 3.73. The predicted molar refractivity (Wildman–Crippen MR) is 76.1 cm³/mol. The molecular formula is C15H14N2O5.